The lowest BCUT2D eigenvalue weighted by atomic mass is 9.86. The molecule has 0 amide bonds. The van der Waals surface area contributed by atoms with Gasteiger partial charge in [-0.1, -0.05) is 19.8 Å². The molecule has 112 valence electrons. The summed E-state index contributed by atoms with van der Waals surface area (Å²) >= 11 is 0. The maximum atomic E-state index is 11.8. The molecule has 2 unspecified atom stereocenters. The first-order valence-corrected chi connectivity index (χ1v) is 8.52. The molecule has 0 aromatic heterocycles. The van der Waals surface area contributed by atoms with E-state index in [9.17, 15) is 8.42 Å². The van der Waals surface area contributed by atoms with Gasteiger partial charge in [-0.3, -0.25) is 0 Å². The molecule has 1 saturated carbocycles. The highest BCUT2D eigenvalue weighted by Crippen LogP contribution is 2.28. The minimum absolute atomic E-state index is 0.127. The lowest BCUT2D eigenvalue weighted by Gasteiger charge is -2.30. The molecular weight excluding hydrogens is 274 g/mol. The second-order valence-corrected chi connectivity index (χ2v) is 7.33. The van der Waals surface area contributed by atoms with Gasteiger partial charge in [0.15, 0.2) is 0 Å². The van der Waals surface area contributed by atoms with Gasteiger partial charge in [-0.05, 0) is 44.0 Å². The van der Waals surface area contributed by atoms with E-state index < -0.39 is 10.0 Å². The van der Waals surface area contributed by atoms with E-state index in [2.05, 4.69) is 17.0 Å². The number of rotatable bonds is 4. The van der Waals surface area contributed by atoms with Crippen LogP contribution in [0.5, 0.6) is 0 Å². The molecule has 1 aliphatic rings. The molecule has 0 radical (unpaired) electrons. The predicted octanol–water partition coefficient (Wildman–Crippen LogP) is 2.17. The van der Waals surface area contributed by atoms with Gasteiger partial charge in [0.1, 0.15) is 4.90 Å². The van der Waals surface area contributed by atoms with Crippen molar-refractivity contribution in [3.63, 3.8) is 0 Å². The smallest absolute Gasteiger partial charge is 0.242 e. The fraction of sp³-hybridized carbons (Fsp3) is 0.571. The zero-order valence-corrected chi connectivity index (χ0v) is 12.8. The van der Waals surface area contributed by atoms with Crippen LogP contribution in [0.4, 0.5) is 11.4 Å². The zero-order valence-electron chi connectivity index (χ0n) is 12.0. The quantitative estimate of drug-likeness (QED) is 0.744. The van der Waals surface area contributed by atoms with Gasteiger partial charge in [0, 0.05) is 11.7 Å². The number of sulfonamides is 1. The molecule has 0 bridgehead atoms. The summed E-state index contributed by atoms with van der Waals surface area (Å²) in [5.41, 5.74) is 7.02. The normalized spacial score (nSPS) is 23.5. The average molecular weight is 297 g/mol. The van der Waals surface area contributed by atoms with Crippen molar-refractivity contribution in [2.75, 3.05) is 18.1 Å². The Kier molecular flexibility index (Phi) is 4.55. The van der Waals surface area contributed by atoms with Crippen LogP contribution in [0.15, 0.2) is 23.1 Å². The summed E-state index contributed by atoms with van der Waals surface area (Å²) in [6.45, 7) is 2.25. The maximum absolute atomic E-state index is 11.8. The van der Waals surface area contributed by atoms with Crippen molar-refractivity contribution < 1.29 is 8.42 Å². The van der Waals surface area contributed by atoms with Crippen LogP contribution in [-0.2, 0) is 10.0 Å². The van der Waals surface area contributed by atoms with Crippen molar-refractivity contribution in [1.82, 2.24) is 4.72 Å². The average Bonchev–Trinajstić information content (AvgIpc) is 2.41. The lowest BCUT2D eigenvalue weighted by molar-refractivity contribution is 0.349. The molecule has 1 aromatic carbocycles. The van der Waals surface area contributed by atoms with Crippen LogP contribution in [0.25, 0.3) is 0 Å². The van der Waals surface area contributed by atoms with Crippen molar-refractivity contribution in [2.45, 2.75) is 43.5 Å². The summed E-state index contributed by atoms with van der Waals surface area (Å²) in [6.07, 6.45) is 4.92. The van der Waals surface area contributed by atoms with Gasteiger partial charge in [0.05, 0.1) is 5.69 Å². The molecule has 1 fully saturated rings. The Labute approximate surface area is 121 Å². The Bertz CT molecular complexity index is 572. The Balaban J connectivity index is 2.17. The summed E-state index contributed by atoms with van der Waals surface area (Å²) < 4.78 is 25.8. The first kappa shape index (κ1) is 15.1. The minimum Gasteiger partial charge on any atom is -0.398 e. The Hall–Kier alpha value is -1.27. The maximum Gasteiger partial charge on any atom is 0.242 e. The van der Waals surface area contributed by atoms with Gasteiger partial charge in [0.25, 0.3) is 0 Å². The second kappa shape index (κ2) is 6.01. The second-order valence-electron chi connectivity index (χ2n) is 5.47. The van der Waals surface area contributed by atoms with Gasteiger partial charge in [0.2, 0.25) is 10.0 Å². The van der Waals surface area contributed by atoms with E-state index in [0.29, 0.717) is 12.0 Å². The van der Waals surface area contributed by atoms with Crippen molar-refractivity contribution in [1.29, 1.82) is 0 Å². The number of nitrogens with one attached hydrogen (secondary N) is 2. The molecule has 2 rings (SSSR count). The lowest BCUT2D eigenvalue weighted by Crippen LogP contribution is -2.30. The highest BCUT2D eigenvalue weighted by Gasteiger charge is 2.21. The molecule has 0 aliphatic heterocycles. The van der Waals surface area contributed by atoms with Crippen LogP contribution in [-0.4, -0.2) is 21.5 Å². The molecule has 1 aromatic rings. The summed E-state index contributed by atoms with van der Waals surface area (Å²) in [5.74, 6) is 0.630. The van der Waals surface area contributed by atoms with Crippen LogP contribution in [0, 0.1) is 5.92 Å². The Morgan fingerprint density at radius 3 is 2.55 bits per heavy atom. The fourth-order valence-corrected chi connectivity index (χ4v) is 3.57. The van der Waals surface area contributed by atoms with E-state index in [1.165, 1.54) is 26.3 Å². The Morgan fingerprint density at radius 2 is 1.95 bits per heavy atom. The number of hydrogen-bond donors (Lipinski definition) is 3. The van der Waals surface area contributed by atoms with Crippen LogP contribution in [0.3, 0.4) is 0 Å². The first-order chi connectivity index (χ1) is 9.44. The van der Waals surface area contributed by atoms with Crippen LogP contribution in [0.2, 0.25) is 0 Å². The number of anilines is 2. The zero-order chi connectivity index (χ0) is 14.8. The largest absolute Gasteiger partial charge is 0.398 e. The standard InChI is InChI=1S/C14H23N3O2S/c1-10-5-3-4-6-13(10)17-11-7-8-14(12(15)9-11)20(18,19)16-2/h7-10,13,16-17H,3-6,15H2,1-2H3. The molecule has 1 aliphatic carbocycles. The van der Waals surface area contributed by atoms with Crippen LogP contribution >= 0.6 is 0 Å². The number of nitrogens with two attached hydrogens (primary N) is 1. The van der Waals surface area contributed by atoms with Gasteiger partial charge in [-0.2, -0.15) is 0 Å². The highest BCUT2D eigenvalue weighted by molar-refractivity contribution is 7.89. The summed E-state index contributed by atoms with van der Waals surface area (Å²) in [6, 6.07) is 5.47. The number of benzene rings is 1. The van der Waals surface area contributed by atoms with Crippen molar-refractivity contribution in [3.05, 3.63) is 18.2 Å². The third kappa shape index (κ3) is 3.24. The summed E-state index contributed by atoms with van der Waals surface area (Å²) in [4.78, 5) is 0.127. The molecule has 5 nitrogen and oxygen atoms in total. The summed E-state index contributed by atoms with van der Waals surface area (Å²) in [5, 5.41) is 3.47. The molecule has 0 saturated heterocycles. The third-order valence-electron chi connectivity index (χ3n) is 4.03. The van der Waals surface area contributed by atoms with Crippen LogP contribution in [0.1, 0.15) is 32.6 Å². The van der Waals surface area contributed by atoms with E-state index in [-0.39, 0.29) is 10.6 Å². The fourth-order valence-electron chi connectivity index (χ4n) is 2.74. The van der Waals surface area contributed by atoms with E-state index in [1.54, 1.807) is 18.2 Å². The minimum atomic E-state index is -3.49. The monoisotopic (exact) mass is 297 g/mol. The Morgan fingerprint density at radius 1 is 1.25 bits per heavy atom. The number of hydrogen-bond acceptors (Lipinski definition) is 4. The van der Waals surface area contributed by atoms with Gasteiger partial charge >= 0.3 is 0 Å². The van der Waals surface area contributed by atoms with Crippen molar-refractivity contribution in [3.8, 4) is 0 Å². The van der Waals surface area contributed by atoms with E-state index in [1.807, 2.05) is 0 Å². The predicted molar refractivity (Wildman–Crippen MR) is 82.1 cm³/mol. The molecule has 0 spiro atoms. The van der Waals surface area contributed by atoms with Gasteiger partial charge in [-0.25, -0.2) is 13.1 Å². The molecule has 2 atom stereocenters. The molecule has 0 heterocycles. The van der Waals surface area contributed by atoms with Gasteiger partial charge in [-0.15, -0.1) is 0 Å². The SMILES string of the molecule is CNS(=O)(=O)c1ccc(NC2CCCCC2C)cc1N. The topological polar surface area (TPSA) is 84.2 Å². The van der Waals surface area contributed by atoms with Crippen molar-refractivity contribution in [2.24, 2.45) is 5.92 Å². The highest BCUT2D eigenvalue weighted by atomic mass is 32.2. The molecule has 6 heteroatoms. The third-order valence-corrected chi connectivity index (χ3v) is 5.52. The van der Waals surface area contributed by atoms with E-state index in [0.717, 1.165) is 12.1 Å². The van der Waals surface area contributed by atoms with E-state index in [4.69, 9.17) is 5.73 Å². The van der Waals surface area contributed by atoms with Gasteiger partial charge < -0.3 is 11.1 Å². The molecule has 20 heavy (non-hydrogen) atoms. The molecular formula is C14H23N3O2S. The summed E-state index contributed by atoms with van der Waals surface area (Å²) in [7, 11) is -2.11. The first-order valence-electron chi connectivity index (χ1n) is 7.03. The molecule has 4 N–H and O–H groups in total. The van der Waals surface area contributed by atoms with Crippen LogP contribution < -0.4 is 15.8 Å². The van der Waals surface area contributed by atoms with E-state index >= 15 is 0 Å². The van der Waals surface area contributed by atoms with Crippen molar-refractivity contribution >= 4 is 21.4 Å². The number of nitrogen functional groups attached to an aromatic ring is 1.